The molecule has 2 heteroatoms. The molecule has 0 radical (unpaired) electrons. The van der Waals surface area contributed by atoms with Crippen LogP contribution in [-0.2, 0) is 0 Å². The SMILES string of the molecule is CC(c1cccc(N)c1)N1CCCC(C)(C)CC1. The van der Waals surface area contributed by atoms with Gasteiger partial charge in [-0.1, -0.05) is 26.0 Å². The number of nitrogen functional groups attached to an aromatic ring is 1. The zero-order chi connectivity index (χ0) is 13.2. The fraction of sp³-hybridized carbons (Fsp3) is 0.625. The van der Waals surface area contributed by atoms with Gasteiger partial charge in [0.05, 0.1) is 0 Å². The van der Waals surface area contributed by atoms with Gasteiger partial charge in [-0.3, -0.25) is 4.90 Å². The summed E-state index contributed by atoms with van der Waals surface area (Å²) in [5.41, 5.74) is 8.60. The van der Waals surface area contributed by atoms with Gasteiger partial charge >= 0.3 is 0 Å². The zero-order valence-electron chi connectivity index (χ0n) is 11.9. The highest BCUT2D eigenvalue weighted by Gasteiger charge is 2.25. The average molecular weight is 246 g/mol. The number of nitrogens with two attached hydrogens (primary N) is 1. The van der Waals surface area contributed by atoms with Crippen molar-refractivity contribution in [3.8, 4) is 0 Å². The van der Waals surface area contributed by atoms with Crippen molar-refractivity contribution >= 4 is 5.69 Å². The third-order valence-electron chi connectivity index (χ3n) is 4.32. The Kier molecular flexibility index (Phi) is 3.96. The summed E-state index contributed by atoms with van der Waals surface area (Å²) in [6.45, 7) is 9.48. The van der Waals surface area contributed by atoms with E-state index in [4.69, 9.17) is 5.73 Å². The van der Waals surface area contributed by atoms with Crippen LogP contribution in [0.2, 0.25) is 0 Å². The maximum atomic E-state index is 5.88. The second kappa shape index (κ2) is 5.31. The average Bonchev–Trinajstić information content (AvgIpc) is 2.49. The van der Waals surface area contributed by atoms with Crippen molar-refractivity contribution in [2.75, 3.05) is 18.8 Å². The van der Waals surface area contributed by atoms with Gasteiger partial charge in [0.15, 0.2) is 0 Å². The van der Waals surface area contributed by atoms with Crippen LogP contribution in [-0.4, -0.2) is 18.0 Å². The Hall–Kier alpha value is -1.02. The molecule has 1 saturated heterocycles. The Balaban J connectivity index is 2.07. The van der Waals surface area contributed by atoms with Crippen molar-refractivity contribution in [3.63, 3.8) is 0 Å². The number of hydrogen-bond acceptors (Lipinski definition) is 2. The number of rotatable bonds is 2. The molecule has 1 aliphatic heterocycles. The molecule has 1 aromatic rings. The minimum atomic E-state index is 0.474. The summed E-state index contributed by atoms with van der Waals surface area (Å²) < 4.78 is 0. The summed E-state index contributed by atoms with van der Waals surface area (Å²) in [4.78, 5) is 2.60. The molecule has 1 aliphatic rings. The lowest BCUT2D eigenvalue weighted by Crippen LogP contribution is -2.28. The van der Waals surface area contributed by atoms with Crippen LogP contribution in [0.25, 0.3) is 0 Å². The normalized spacial score (nSPS) is 22.4. The van der Waals surface area contributed by atoms with Crippen molar-refractivity contribution in [3.05, 3.63) is 29.8 Å². The Bertz CT molecular complexity index is 398. The van der Waals surface area contributed by atoms with E-state index in [1.54, 1.807) is 0 Å². The minimum Gasteiger partial charge on any atom is -0.399 e. The largest absolute Gasteiger partial charge is 0.399 e. The molecule has 0 spiro atoms. The van der Waals surface area contributed by atoms with Crippen LogP contribution < -0.4 is 5.73 Å². The molecule has 0 aliphatic carbocycles. The maximum Gasteiger partial charge on any atom is 0.0320 e. The van der Waals surface area contributed by atoms with Gasteiger partial charge in [0, 0.05) is 11.7 Å². The monoisotopic (exact) mass is 246 g/mol. The summed E-state index contributed by atoms with van der Waals surface area (Å²) >= 11 is 0. The van der Waals surface area contributed by atoms with Gasteiger partial charge in [-0.25, -0.2) is 0 Å². The molecule has 18 heavy (non-hydrogen) atoms. The van der Waals surface area contributed by atoms with E-state index in [1.807, 2.05) is 6.07 Å². The van der Waals surface area contributed by atoms with E-state index in [-0.39, 0.29) is 0 Å². The van der Waals surface area contributed by atoms with Gasteiger partial charge in [0.25, 0.3) is 0 Å². The van der Waals surface area contributed by atoms with Gasteiger partial charge in [0.1, 0.15) is 0 Å². The third kappa shape index (κ3) is 3.26. The van der Waals surface area contributed by atoms with Crippen LogP contribution >= 0.6 is 0 Å². The highest BCUT2D eigenvalue weighted by molar-refractivity contribution is 5.41. The predicted molar refractivity (Wildman–Crippen MR) is 78.5 cm³/mol. The van der Waals surface area contributed by atoms with Crippen LogP contribution in [0.15, 0.2) is 24.3 Å². The standard InChI is InChI=1S/C16H26N2/c1-13(14-6-4-7-15(17)12-14)18-10-5-8-16(2,3)9-11-18/h4,6-7,12-13H,5,8-11,17H2,1-3H3. The number of anilines is 1. The van der Waals surface area contributed by atoms with Crippen LogP contribution in [0.1, 0.15) is 51.6 Å². The second-order valence-corrected chi connectivity index (χ2v) is 6.40. The first kappa shape index (κ1) is 13.4. The van der Waals surface area contributed by atoms with Crippen LogP contribution in [0.5, 0.6) is 0 Å². The third-order valence-corrected chi connectivity index (χ3v) is 4.32. The number of benzene rings is 1. The molecule has 0 amide bonds. The van der Waals surface area contributed by atoms with E-state index in [2.05, 4.69) is 43.9 Å². The lowest BCUT2D eigenvalue weighted by atomic mass is 9.85. The molecule has 100 valence electrons. The molecule has 1 fully saturated rings. The quantitative estimate of drug-likeness (QED) is 0.803. The van der Waals surface area contributed by atoms with Gasteiger partial charge in [-0.2, -0.15) is 0 Å². The fourth-order valence-electron chi connectivity index (χ4n) is 2.86. The van der Waals surface area contributed by atoms with Crippen LogP contribution in [0.3, 0.4) is 0 Å². The van der Waals surface area contributed by atoms with E-state index in [1.165, 1.54) is 37.9 Å². The molecule has 1 aromatic carbocycles. The minimum absolute atomic E-state index is 0.474. The smallest absolute Gasteiger partial charge is 0.0320 e. The van der Waals surface area contributed by atoms with E-state index in [9.17, 15) is 0 Å². The molecular formula is C16H26N2. The van der Waals surface area contributed by atoms with Gasteiger partial charge in [0.2, 0.25) is 0 Å². The zero-order valence-corrected chi connectivity index (χ0v) is 11.9. The maximum absolute atomic E-state index is 5.88. The molecule has 1 heterocycles. The second-order valence-electron chi connectivity index (χ2n) is 6.40. The summed E-state index contributed by atoms with van der Waals surface area (Å²) in [6, 6.07) is 8.80. The van der Waals surface area contributed by atoms with Gasteiger partial charge in [-0.05, 0) is 62.4 Å². The molecule has 2 rings (SSSR count). The Morgan fingerprint density at radius 2 is 2.00 bits per heavy atom. The molecule has 2 nitrogen and oxygen atoms in total. The highest BCUT2D eigenvalue weighted by Crippen LogP contribution is 2.33. The van der Waals surface area contributed by atoms with Crippen LogP contribution in [0.4, 0.5) is 5.69 Å². The van der Waals surface area contributed by atoms with Crippen molar-refractivity contribution < 1.29 is 0 Å². The first-order valence-corrected chi connectivity index (χ1v) is 7.07. The van der Waals surface area contributed by atoms with Gasteiger partial charge < -0.3 is 5.73 Å². The number of likely N-dealkylation sites (tertiary alicyclic amines) is 1. The first-order chi connectivity index (χ1) is 8.48. The van der Waals surface area contributed by atoms with E-state index >= 15 is 0 Å². The lowest BCUT2D eigenvalue weighted by Gasteiger charge is -2.29. The summed E-state index contributed by atoms with van der Waals surface area (Å²) in [7, 11) is 0. The van der Waals surface area contributed by atoms with Crippen molar-refractivity contribution in [2.45, 2.75) is 46.1 Å². The Morgan fingerprint density at radius 3 is 2.72 bits per heavy atom. The summed E-state index contributed by atoms with van der Waals surface area (Å²) in [5, 5.41) is 0. The topological polar surface area (TPSA) is 29.3 Å². The van der Waals surface area contributed by atoms with E-state index in [0.29, 0.717) is 11.5 Å². The summed E-state index contributed by atoms with van der Waals surface area (Å²) in [5.74, 6) is 0. The molecule has 0 bridgehead atoms. The van der Waals surface area contributed by atoms with E-state index in [0.717, 1.165) is 5.69 Å². The molecule has 0 aromatic heterocycles. The molecule has 1 atom stereocenters. The molecule has 0 saturated carbocycles. The predicted octanol–water partition coefficient (Wildman–Crippen LogP) is 3.84. The number of nitrogens with zero attached hydrogens (tertiary/aromatic N) is 1. The molecular weight excluding hydrogens is 220 g/mol. The highest BCUT2D eigenvalue weighted by atomic mass is 15.1. The molecule has 2 N–H and O–H groups in total. The first-order valence-electron chi connectivity index (χ1n) is 7.07. The van der Waals surface area contributed by atoms with E-state index < -0.39 is 0 Å². The van der Waals surface area contributed by atoms with Crippen molar-refractivity contribution in [1.29, 1.82) is 0 Å². The van der Waals surface area contributed by atoms with Crippen molar-refractivity contribution in [1.82, 2.24) is 4.90 Å². The Labute approximate surface area is 111 Å². The fourth-order valence-corrected chi connectivity index (χ4v) is 2.86. The Morgan fingerprint density at radius 1 is 1.22 bits per heavy atom. The van der Waals surface area contributed by atoms with Gasteiger partial charge in [-0.15, -0.1) is 0 Å². The van der Waals surface area contributed by atoms with Crippen LogP contribution in [0, 0.1) is 5.41 Å². The molecule has 1 unspecified atom stereocenters. The van der Waals surface area contributed by atoms with Crippen molar-refractivity contribution in [2.24, 2.45) is 5.41 Å². The summed E-state index contributed by atoms with van der Waals surface area (Å²) in [6.07, 6.45) is 3.94. The lowest BCUT2D eigenvalue weighted by molar-refractivity contribution is 0.208. The number of hydrogen-bond donors (Lipinski definition) is 1.